The summed E-state index contributed by atoms with van der Waals surface area (Å²) in [4.78, 5) is 11.7. The molecule has 4 nitrogen and oxygen atoms in total. The van der Waals surface area contributed by atoms with Gasteiger partial charge < -0.3 is 0 Å². The summed E-state index contributed by atoms with van der Waals surface area (Å²) in [5.41, 5.74) is 3.29. The van der Waals surface area contributed by atoms with Gasteiger partial charge in [0.2, 0.25) is 5.78 Å². The predicted molar refractivity (Wildman–Crippen MR) is 83.8 cm³/mol. The summed E-state index contributed by atoms with van der Waals surface area (Å²) in [6.07, 6.45) is 2.59. The molecule has 0 unspecified atom stereocenters. The second-order valence-corrected chi connectivity index (χ2v) is 6.73. The van der Waals surface area contributed by atoms with E-state index < -0.39 is 0 Å². The second-order valence-electron chi connectivity index (χ2n) is 5.98. The number of rotatable bonds is 2. The van der Waals surface area contributed by atoms with Crippen molar-refractivity contribution in [2.24, 2.45) is 5.92 Å². The lowest BCUT2D eigenvalue weighted by molar-refractivity contribution is 0.183. The number of halogens is 1. The summed E-state index contributed by atoms with van der Waals surface area (Å²) in [6, 6.07) is 2.09. The predicted octanol–water partition coefficient (Wildman–Crippen LogP) is 3.34. The Morgan fingerprint density at radius 2 is 1.95 bits per heavy atom. The molecule has 2 aromatic heterocycles. The molecule has 108 valence electrons. The van der Waals surface area contributed by atoms with E-state index in [1.165, 1.54) is 31.6 Å². The zero-order valence-electron chi connectivity index (χ0n) is 12.4. The van der Waals surface area contributed by atoms with Gasteiger partial charge in [-0.3, -0.25) is 9.30 Å². The molecule has 20 heavy (non-hydrogen) atoms. The Morgan fingerprint density at radius 1 is 1.25 bits per heavy atom. The van der Waals surface area contributed by atoms with Crippen LogP contribution < -0.4 is 0 Å². The molecule has 3 rings (SSSR count). The van der Waals surface area contributed by atoms with E-state index in [0.717, 1.165) is 34.2 Å². The third-order valence-corrected chi connectivity index (χ3v) is 4.98. The van der Waals surface area contributed by atoms with Gasteiger partial charge in [-0.05, 0) is 67.7 Å². The normalized spacial score (nSPS) is 18.0. The minimum absolute atomic E-state index is 0.801. The average Bonchev–Trinajstić information content (AvgIpc) is 2.69. The van der Waals surface area contributed by atoms with Crippen LogP contribution in [0.3, 0.4) is 0 Å². The third-order valence-electron chi connectivity index (χ3n) is 4.17. The molecule has 0 aromatic carbocycles. The lowest BCUT2D eigenvalue weighted by Gasteiger charge is -2.29. The molecule has 0 radical (unpaired) electrons. The maximum Gasteiger partial charge on any atom is 0.235 e. The molecular formula is C15H21BrN4. The van der Waals surface area contributed by atoms with E-state index >= 15 is 0 Å². The summed E-state index contributed by atoms with van der Waals surface area (Å²) in [5, 5.41) is 0. The Labute approximate surface area is 128 Å². The molecule has 0 amide bonds. The van der Waals surface area contributed by atoms with E-state index in [1.807, 2.05) is 6.92 Å². The highest BCUT2D eigenvalue weighted by molar-refractivity contribution is 9.10. The van der Waals surface area contributed by atoms with Crippen LogP contribution >= 0.6 is 15.9 Å². The van der Waals surface area contributed by atoms with Gasteiger partial charge in [-0.25, -0.2) is 9.97 Å². The first-order valence-electron chi connectivity index (χ1n) is 7.28. The summed E-state index contributed by atoms with van der Waals surface area (Å²) in [7, 11) is 0. The Balaban J connectivity index is 1.89. The number of hydrogen-bond acceptors (Lipinski definition) is 3. The summed E-state index contributed by atoms with van der Waals surface area (Å²) < 4.78 is 3.14. The third kappa shape index (κ3) is 2.61. The van der Waals surface area contributed by atoms with Crippen LogP contribution in [0, 0.1) is 19.8 Å². The van der Waals surface area contributed by atoms with Crippen molar-refractivity contribution in [2.75, 3.05) is 13.1 Å². The van der Waals surface area contributed by atoms with Gasteiger partial charge >= 0.3 is 0 Å². The second kappa shape index (κ2) is 5.45. The molecule has 0 saturated carbocycles. The molecule has 0 N–H and O–H groups in total. The van der Waals surface area contributed by atoms with Gasteiger partial charge in [0.25, 0.3) is 0 Å². The van der Waals surface area contributed by atoms with Gasteiger partial charge in [0, 0.05) is 17.9 Å². The first-order valence-corrected chi connectivity index (χ1v) is 8.07. The lowest BCUT2D eigenvalue weighted by atomic mass is 9.99. The maximum atomic E-state index is 4.71. The molecule has 1 aliphatic heterocycles. The number of imidazole rings is 1. The number of fused-ring (bicyclic) bond motifs is 1. The summed E-state index contributed by atoms with van der Waals surface area (Å²) in [5.74, 6) is 1.66. The minimum Gasteiger partial charge on any atom is -0.297 e. The first kappa shape index (κ1) is 14.0. The van der Waals surface area contributed by atoms with Crippen molar-refractivity contribution in [1.82, 2.24) is 19.3 Å². The van der Waals surface area contributed by atoms with Crippen LogP contribution in [0.1, 0.15) is 36.8 Å². The van der Waals surface area contributed by atoms with E-state index in [0.29, 0.717) is 0 Å². The molecule has 0 bridgehead atoms. The molecule has 0 spiro atoms. The molecule has 3 heterocycles. The van der Waals surface area contributed by atoms with Crippen LogP contribution in [0.2, 0.25) is 0 Å². The van der Waals surface area contributed by atoms with Crippen molar-refractivity contribution < 1.29 is 0 Å². The number of aryl methyl sites for hydroxylation is 2. The SMILES string of the molecule is Cc1cc(C)n2c(Br)c(CN3CCC(C)CC3)nc2n1. The van der Waals surface area contributed by atoms with E-state index in [9.17, 15) is 0 Å². The first-order chi connectivity index (χ1) is 9.54. The van der Waals surface area contributed by atoms with Crippen LogP contribution in [0.5, 0.6) is 0 Å². The van der Waals surface area contributed by atoms with E-state index in [-0.39, 0.29) is 0 Å². The summed E-state index contributed by atoms with van der Waals surface area (Å²) in [6.45, 7) is 9.71. The number of hydrogen-bond donors (Lipinski definition) is 0. The fourth-order valence-electron chi connectivity index (χ4n) is 2.91. The smallest absolute Gasteiger partial charge is 0.235 e. The van der Waals surface area contributed by atoms with Crippen molar-refractivity contribution in [3.63, 3.8) is 0 Å². The average molecular weight is 337 g/mol. The van der Waals surface area contributed by atoms with E-state index in [1.54, 1.807) is 0 Å². The van der Waals surface area contributed by atoms with Crippen LogP contribution in [0.25, 0.3) is 5.78 Å². The molecule has 1 aliphatic rings. The maximum absolute atomic E-state index is 4.71. The molecule has 5 heteroatoms. The van der Waals surface area contributed by atoms with Gasteiger partial charge in [0.05, 0.1) is 5.69 Å². The van der Waals surface area contributed by atoms with Crippen molar-refractivity contribution >= 4 is 21.7 Å². The Morgan fingerprint density at radius 3 is 2.65 bits per heavy atom. The molecule has 0 atom stereocenters. The van der Waals surface area contributed by atoms with Crippen molar-refractivity contribution in [3.8, 4) is 0 Å². The van der Waals surface area contributed by atoms with E-state index in [4.69, 9.17) is 4.98 Å². The number of nitrogens with zero attached hydrogens (tertiary/aromatic N) is 4. The highest BCUT2D eigenvalue weighted by Gasteiger charge is 2.19. The highest BCUT2D eigenvalue weighted by Crippen LogP contribution is 2.24. The molecular weight excluding hydrogens is 316 g/mol. The monoisotopic (exact) mass is 336 g/mol. The van der Waals surface area contributed by atoms with Gasteiger partial charge in [-0.15, -0.1) is 0 Å². The summed E-state index contributed by atoms with van der Waals surface area (Å²) >= 11 is 3.70. The fraction of sp³-hybridized carbons (Fsp3) is 0.600. The largest absolute Gasteiger partial charge is 0.297 e. The van der Waals surface area contributed by atoms with Crippen LogP contribution in [0.15, 0.2) is 10.7 Å². The molecule has 1 saturated heterocycles. The van der Waals surface area contributed by atoms with Gasteiger partial charge in [-0.2, -0.15) is 0 Å². The van der Waals surface area contributed by atoms with Crippen LogP contribution in [-0.2, 0) is 6.54 Å². The molecule has 2 aromatic rings. The minimum atomic E-state index is 0.801. The highest BCUT2D eigenvalue weighted by atomic mass is 79.9. The van der Waals surface area contributed by atoms with Gasteiger partial charge in [0.1, 0.15) is 4.60 Å². The lowest BCUT2D eigenvalue weighted by Crippen LogP contribution is -2.32. The molecule has 0 aliphatic carbocycles. The fourth-order valence-corrected chi connectivity index (χ4v) is 3.56. The van der Waals surface area contributed by atoms with E-state index in [2.05, 4.69) is 50.1 Å². The van der Waals surface area contributed by atoms with Crippen LogP contribution in [0.4, 0.5) is 0 Å². The number of piperidine rings is 1. The Kier molecular flexibility index (Phi) is 3.82. The quantitative estimate of drug-likeness (QED) is 0.843. The Hall–Kier alpha value is -0.940. The standard InChI is InChI=1S/C15H21BrN4/c1-10-4-6-19(7-5-10)9-13-14(16)20-12(3)8-11(2)17-15(20)18-13/h8,10H,4-7,9H2,1-3H3. The van der Waals surface area contributed by atoms with Gasteiger partial charge in [0.15, 0.2) is 0 Å². The Bertz CT molecular complexity index is 626. The van der Waals surface area contributed by atoms with Crippen molar-refractivity contribution in [2.45, 2.75) is 40.2 Å². The molecule has 1 fully saturated rings. The number of likely N-dealkylation sites (tertiary alicyclic amines) is 1. The van der Waals surface area contributed by atoms with Gasteiger partial charge in [-0.1, -0.05) is 6.92 Å². The van der Waals surface area contributed by atoms with Crippen molar-refractivity contribution in [1.29, 1.82) is 0 Å². The topological polar surface area (TPSA) is 33.4 Å². The van der Waals surface area contributed by atoms with Crippen LogP contribution in [-0.4, -0.2) is 32.4 Å². The van der Waals surface area contributed by atoms with Crippen molar-refractivity contribution in [3.05, 3.63) is 27.8 Å². The zero-order valence-corrected chi connectivity index (χ0v) is 13.9. The zero-order chi connectivity index (χ0) is 14.3. The number of aromatic nitrogens is 3.